The second kappa shape index (κ2) is 7.98. The lowest BCUT2D eigenvalue weighted by molar-refractivity contribution is -0.122. The zero-order valence-corrected chi connectivity index (χ0v) is 16.1. The molecule has 1 aliphatic heterocycles. The zero-order valence-electron chi connectivity index (χ0n) is 14.5. The van der Waals surface area contributed by atoms with Crippen molar-refractivity contribution in [1.29, 1.82) is 0 Å². The van der Waals surface area contributed by atoms with Crippen LogP contribution in [0.3, 0.4) is 0 Å². The van der Waals surface area contributed by atoms with E-state index < -0.39 is 0 Å². The molecule has 1 saturated heterocycles. The standard InChI is InChI=1S/C20H19ClN2O2S/c1-13(2)12-23-19(25)18(11-14-4-3-5-17(24)10-14)26-20(23)22-16-8-6-15(21)7-9-16/h3-11,13,24H,12H2,1-2H3/b18-11+,22-20?. The highest BCUT2D eigenvalue weighted by molar-refractivity contribution is 8.18. The van der Waals surface area contributed by atoms with Gasteiger partial charge in [0.1, 0.15) is 5.75 Å². The molecule has 1 fully saturated rings. The fraction of sp³-hybridized carbons (Fsp3) is 0.200. The molecule has 0 saturated carbocycles. The molecule has 6 heteroatoms. The number of amides is 1. The third-order valence-corrected chi connectivity index (χ3v) is 4.91. The molecule has 26 heavy (non-hydrogen) atoms. The van der Waals surface area contributed by atoms with Crippen molar-refractivity contribution in [3.05, 3.63) is 64.0 Å². The Balaban J connectivity index is 1.95. The van der Waals surface area contributed by atoms with E-state index >= 15 is 0 Å². The average molecular weight is 387 g/mol. The van der Waals surface area contributed by atoms with Gasteiger partial charge in [0.05, 0.1) is 10.6 Å². The molecule has 1 aliphatic rings. The van der Waals surface area contributed by atoms with Crippen LogP contribution in [0.4, 0.5) is 5.69 Å². The minimum Gasteiger partial charge on any atom is -0.508 e. The van der Waals surface area contributed by atoms with Crippen LogP contribution in [0, 0.1) is 5.92 Å². The van der Waals surface area contributed by atoms with Crippen molar-refractivity contribution in [2.24, 2.45) is 10.9 Å². The molecule has 0 radical (unpaired) electrons. The van der Waals surface area contributed by atoms with E-state index in [2.05, 4.69) is 18.8 Å². The highest BCUT2D eigenvalue weighted by Crippen LogP contribution is 2.35. The first-order chi connectivity index (χ1) is 12.4. The molecule has 1 N–H and O–H groups in total. The Morgan fingerprint density at radius 3 is 2.62 bits per heavy atom. The fourth-order valence-electron chi connectivity index (χ4n) is 2.51. The Hall–Kier alpha value is -2.24. The number of halogens is 1. The molecular weight excluding hydrogens is 368 g/mol. The second-order valence-corrected chi connectivity index (χ2v) is 7.83. The van der Waals surface area contributed by atoms with Crippen LogP contribution in [0.25, 0.3) is 6.08 Å². The molecule has 134 valence electrons. The Labute approximate surface area is 162 Å². The molecule has 1 amide bonds. The van der Waals surface area contributed by atoms with Gasteiger partial charge in [-0.2, -0.15) is 0 Å². The van der Waals surface area contributed by atoms with Crippen molar-refractivity contribution in [2.75, 3.05) is 6.54 Å². The van der Waals surface area contributed by atoms with Gasteiger partial charge in [0, 0.05) is 11.6 Å². The SMILES string of the molecule is CC(C)CN1C(=O)/C(=C\c2cccc(O)c2)SC1=Nc1ccc(Cl)cc1. The van der Waals surface area contributed by atoms with Crippen LogP contribution < -0.4 is 0 Å². The second-order valence-electron chi connectivity index (χ2n) is 6.39. The molecule has 0 bridgehead atoms. The number of hydrogen-bond acceptors (Lipinski definition) is 4. The number of phenolic OH excluding ortho intramolecular Hbond substituents is 1. The normalized spacial score (nSPS) is 17.7. The monoisotopic (exact) mass is 386 g/mol. The van der Waals surface area contributed by atoms with E-state index in [1.54, 1.807) is 41.3 Å². The number of hydrogen-bond donors (Lipinski definition) is 1. The summed E-state index contributed by atoms with van der Waals surface area (Å²) in [5.74, 6) is 0.415. The van der Waals surface area contributed by atoms with Crippen LogP contribution in [-0.4, -0.2) is 27.6 Å². The predicted octanol–water partition coefficient (Wildman–Crippen LogP) is 5.31. The number of benzene rings is 2. The van der Waals surface area contributed by atoms with Crippen molar-refractivity contribution < 1.29 is 9.90 Å². The maximum atomic E-state index is 12.9. The quantitative estimate of drug-likeness (QED) is 0.725. The number of rotatable bonds is 4. The van der Waals surface area contributed by atoms with Crippen LogP contribution >= 0.6 is 23.4 Å². The first kappa shape index (κ1) is 18.5. The van der Waals surface area contributed by atoms with Crippen LogP contribution in [0.2, 0.25) is 5.02 Å². The Morgan fingerprint density at radius 1 is 1.23 bits per heavy atom. The van der Waals surface area contributed by atoms with Crippen molar-refractivity contribution in [2.45, 2.75) is 13.8 Å². The van der Waals surface area contributed by atoms with Gasteiger partial charge in [0.2, 0.25) is 0 Å². The summed E-state index contributed by atoms with van der Waals surface area (Å²) >= 11 is 7.27. The lowest BCUT2D eigenvalue weighted by atomic mass is 10.2. The maximum absolute atomic E-state index is 12.9. The predicted molar refractivity (Wildman–Crippen MR) is 109 cm³/mol. The largest absolute Gasteiger partial charge is 0.508 e. The van der Waals surface area contributed by atoms with Gasteiger partial charge in [0.25, 0.3) is 5.91 Å². The van der Waals surface area contributed by atoms with E-state index in [9.17, 15) is 9.90 Å². The summed E-state index contributed by atoms with van der Waals surface area (Å²) in [6.45, 7) is 4.72. The van der Waals surface area contributed by atoms with Crippen LogP contribution in [0.5, 0.6) is 5.75 Å². The van der Waals surface area contributed by atoms with Crippen molar-refractivity contribution >= 4 is 46.2 Å². The Bertz CT molecular complexity index is 876. The van der Waals surface area contributed by atoms with Gasteiger partial charge in [-0.05, 0) is 65.7 Å². The molecule has 4 nitrogen and oxygen atoms in total. The Kier molecular flexibility index (Phi) is 5.69. The summed E-state index contributed by atoms with van der Waals surface area (Å²) in [6, 6.07) is 14.0. The Morgan fingerprint density at radius 2 is 1.96 bits per heavy atom. The lowest BCUT2D eigenvalue weighted by Crippen LogP contribution is -2.32. The van der Waals surface area contributed by atoms with Crippen LogP contribution in [-0.2, 0) is 4.79 Å². The molecule has 0 atom stereocenters. The minimum absolute atomic E-state index is 0.0697. The summed E-state index contributed by atoms with van der Waals surface area (Å²) < 4.78 is 0. The molecule has 3 rings (SSSR count). The fourth-order valence-corrected chi connectivity index (χ4v) is 3.64. The van der Waals surface area contributed by atoms with Gasteiger partial charge >= 0.3 is 0 Å². The third kappa shape index (κ3) is 4.48. The highest BCUT2D eigenvalue weighted by atomic mass is 35.5. The van der Waals surface area contributed by atoms with Gasteiger partial charge in [-0.25, -0.2) is 4.99 Å². The van der Waals surface area contributed by atoms with E-state index in [1.165, 1.54) is 11.8 Å². The summed E-state index contributed by atoms with van der Waals surface area (Å²) in [6.07, 6.45) is 1.78. The number of carbonyl (C=O) groups is 1. The molecule has 0 aliphatic carbocycles. The van der Waals surface area contributed by atoms with Crippen molar-refractivity contribution in [3.63, 3.8) is 0 Å². The lowest BCUT2D eigenvalue weighted by Gasteiger charge is -2.17. The molecule has 0 unspecified atom stereocenters. The number of thioether (sulfide) groups is 1. The molecular formula is C20H19ClN2O2S. The van der Waals surface area contributed by atoms with Gasteiger partial charge in [-0.1, -0.05) is 37.6 Å². The molecule has 0 aromatic heterocycles. The number of carbonyl (C=O) groups excluding carboxylic acids is 1. The summed E-state index contributed by atoms with van der Waals surface area (Å²) in [5, 5.41) is 10.9. The number of amidine groups is 1. The number of aliphatic imine (C=N–C) groups is 1. The summed E-state index contributed by atoms with van der Waals surface area (Å²) in [5.41, 5.74) is 1.52. The molecule has 2 aromatic carbocycles. The van der Waals surface area contributed by atoms with E-state index in [4.69, 9.17) is 11.6 Å². The first-order valence-electron chi connectivity index (χ1n) is 8.27. The molecule has 2 aromatic rings. The highest BCUT2D eigenvalue weighted by Gasteiger charge is 2.33. The van der Waals surface area contributed by atoms with Crippen LogP contribution in [0.15, 0.2) is 58.4 Å². The first-order valence-corrected chi connectivity index (χ1v) is 9.46. The smallest absolute Gasteiger partial charge is 0.266 e. The van der Waals surface area contributed by atoms with E-state index in [-0.39, 0.29) is 11.7 Å². The molecule has 0 spiro atoms. The maximum Gasteiger partial charge on any atom is 0.266 e. The number of aromatic hydroxyl groups is 1. The average Bonchev–Trinajstić information content (AvgIpc) is 2.85. The minimum atomic E-state index is -0.0697. The zero-order chi connectivity index (χ0) is 18.7. The summed E-state index contributed by atoms with van der Waals surface area (Å²) in [4.78, 5) is 19.8. The third-order valence-electron chi connectivity index (χ3n) is 3.66. The van der Waals surface area contributed by atoms with E-state index in [1.807, 2.05) is 18.2 Å². The number of nitrogens with zero attached hydrogens (tertiary/aromatic N) is 2. The number of phenols is 1. The topological polar surface area (TPSA) is 52.9 Å². The van der Waals surface area contributed by atoms with Crippen LogP contribution in [0.1, 0.15) is 19.4 Å². The van der Waals surface area contributed by atoms with Gasteiger partial charge in [0.15, 0.2) is 5.17 Å². The van der Waals surface area contributed by atoms with E-state index in [0.29, 0.717) is 27.6 Å². The molecule has 1 heterocycles. The van der Waals surface area contributed by atoms with Crippen molar-refractivity contribution in [1.82, 2.24) is 4.90 Å². The van der Waals surface area contributed by atoms with Gasteiger partial charge in [-0.15, -0.1) is 0 Å². The van der Waals surface area contributed by atoms with Gasteiger partial charge < -0.3 is 5.11 Å². The van der Waals surface area contributed by atoms with E-state index in [0.717, 1.165) is 11.3 Å². The van der Waals surface area contributed by atoms with Gasteiger partial charge in [-0.3, -0.25) is 9.69 Å². The van der Waals surface area contributed by atoms with Crippen molar-refractivity contribution in [3.8, 4) is 5.75 Å². The summed E-state index contributed by atoms with van der Waals surface area (Å²) in [7, 11) is 0.